The lowest BCUT2D eigenvalue weighted by Crippen LogP contribution is -1.88. The van der Waals surface area contributed by atoms with E-state index in [4.69, 9.17) is 5.26 Å². The highest BCUT2D eigenvalue weighted by molar-refractivity contribution is 5.75. The second-order valence-corrected chi connectivity index (χ2v) is 2.70. The van der Waals surface area contributed by atoms with E-state index < -0.39 is 0 Å². The van der Waals surface area contributed by atoms with Gasteiger partial charge >= 0.3 is 0 Å². The molecule has 0 aliphatic carbocycles. The van der Waals surface area contributed by atoms with E-state index in [0.29, 0.717) is 12.0 Å². The van der Waals surface area contributed by atoms with E-state index in [1.54, 1.807) is 12.1 Å². The number of carbonyl (C=O) groups is 1. The van der Waals surface area contributed by atoms with Crippen LogP contribution in [0.2, 0.25) is 0 Å². The van der Waals surface area contributed by atoms with Crippen LogP contribution in [0.15, 0.2) is 18.2 Å². The first-order chi connectivity index (χ1) is 6.76. The maximum atomic E-state index is 10.4. The Balaban J connectivity index is 0.000000791. The zero-order valence-corrected chi connectivity index (χ0v) is 8.87. The number of benzene rings is 1. The van der Waals surface area contributed by atoms with Crippen LogP contribution in [0.5, 0.6) is 0 Å². The Morgan fingerprint density at radius 1 is 1.36 bits per heavy atom. The third kappa shape index (κ3) is 3.86. The number of nitriles is 1. The van der Waals surface area contributed by atoms with Crippen LogP contribution in [0, 0.1) is 18.3 Å². The summed E-state index contributed by atoms with van der Waals surface area (Å²) < 4.78 is 0. The maximum Gasteiger partial charge on any atom is 0.150 e. The van der Waals surface area contributed by atoms with E-state index >= 15 is 0 Å². The summed E-state index contributed by atoms with van der Waals surface area (Å²) in [6.07, 6.45) is 1.16. The molecule has 2 heteroatoms. The van der Waals surface area contributed by atoms with Gasteiger partial charge in [0.2, 0.25) is 0 Å². The topological polar surface area (TPSA) is 40.9 Å². The molecule has 1 aromatic rings. The van der Waals surface area contributed by atoms with Gasteiger partial charge in [-0.3, -0.25) is 4.79 Å². The van der Waals surface area contributed by atoms with Gasteiger partial charge in [0.15, 0.2) is 0 Å². The second kappa shape index (κ2) is 6.85. The van der Waals surface area contributed by atoms with Crippen molar-refractivity contribution in [2.75, 3.05) is 0 Å². The average molecular weight is 189 g/mol. The minimum atomic E-state index is 0.364. The Morgan fingerprint density at radius 2 is 2.00 bits per heavy atom. The molecule has 0 atom stereocenters. The van der Waals surface area contributed by atoms with Crippen LogP contribution in [-0.2, 0) is 6.42 Å². The van der Waals surface area contributed by atoms with Gasteiger partial charge in [0.1, 0.15) is 6.29 Å². The number of nitrogens with zero attached hydrogens (tertiary/aromatic N) is 1. The van der Waals surface area contributed by atoms with Crippen LogP contribution in [-0.4, -0.2) is 6.29 Å². The number of carbonyl (C=O) groups excluding carboxylic acids is 1. The molecule has 0 aliphatic heterocycles. The molecule has 0 unspecified atom stereocenters. The van der Waals surface area contributed by atoms with Crippen LogP contribution in [0.1, 0.15) is 35.3 Å². The summed E-state index contributed by atoms with van der Waals surface area (Å²) in [6.45, 7) is 5.91. The molecule has 0 radical (unpaired) electrons. The number of hydrogen-bond donors (Lipinski definition) is 0. The predicted molar refractivity (Wildman–Crippen MR) is 57.2 cm³/mol. The molecule has 74 valence electrons. The standard InChI is InChI=1S/C10H9NO.C2H6/c1-8-4-9(2-3-11)6-10(5-8)7-12;1-2/h4-7H,2H2,1H3;1-2H3. The molecule has 0 heterocycles. The van der Waals surface area contributed by atoms with Crippen molar-refractivity contribution >= 4 is 6.29 Å². The lowest BCUT2D eigenvalue weighted by Gasteiger charge is -1.98. The molecule has 2 nitrogen and oxygen atoms in total. The van der Waals surface area contributed by atoms with Crippen molar-refractivity contribution in [1.82, 2.24) is 0 Å². The zero-order valence-electron chi connectivity index (χ0n) is 8.87. The summed E-state index contributed by atoms with van der Waals surface area (Å²) >= 11 is 0. The quantitative estimate of drug-likeness (QED) is 0.671. The van der Waals surface area contributed by atoms with E-state index in [0.717, 1.165) is 17.4 Å². The Kier molecular flexibility index (Phi) is 6.06. The third-order valence-corrected chi connectivity index (χ3v) is 1.58. The maximum absolute atomic E-state index is 10.4. The van der Waals surface area contributed by atoms with Crippen molar-refractivity contribution in [3.05, 3.63) is 34.9 Å². The molecule has 0 bridgehead atoms. The Hall–Kier alpha value is -1.62. The van der Waals surface area contributed by atoms with Gasteiger partial charge in [-0.05, 0) is 24.6 Å². The summed E-state index contributed by atoms with van der Waals surface area (Å²) in [5.74, 6) is 0. The van der Waals surface area contributed by atoms with Crippen molar-refractivity contribution in [1.29, 1.82) is 5.26 Å². The molecule has 14 heavy (non-hydrogen) atoms. The van der Waals surface area contributed by atoms with Crippen molar-refractivity contribution < 1.29 is 4.79 Å². The van der Waals surface area contributed by atoms with Crippen molar-refractivity contribution in [3.63, 3.8) is 0 Å². The molecule has 0 aromatic heterocycles. The van der Waals surface area contributed by atoms with Gasteiger partial charge in [-0.2, -0.15) is 5.26 Å². The zero-order chi connectivity index (χ0) is 11.0. The van der Waals surface area contributed by atoms with E-state index in [1.807, 2.05) is 32.9 Å². The average Bonchev–Trinajstić information content (AvgIpc) is 2.20. The lowest BCUT2D eigenvalue weighted by molar-refractivity contribution is 0.112. The molecule has 0 spiro atoms. The molecule has 0 saturated carbocycles. The molecule has 0 saturated heterocycles. The fourth-order valence-electron chi connectivity index (χ4n) is 1.16. The normalized spacial score (nSPS) is 8.14. The molecule has 1 aromatic carbocycles. The minimum absolute atomic E-state index is 0.364. The van der Waals surface area contributed by atoms with Crippen molar-refractivity contribution in [2.45, 2.75) is 27.2 Å². The van der Waals surface area contributed by atoms with E-state index in [-0.39, 0.29) is 0 Å². The largest absolute Gasteiger partial charge is 0.298 e. The first-order valence-electron chi connectivity index (χ1n) is 4.69. The van der Waals surface area contributed by atoms with Gasteiger partial charge in [-0.1, -0.05) is 25.5 Å². The smallest absolute Gasteiger partial charge is 0.150 e. The first kappa shape index (κ1) is 12.4. The van der Waals surface area contributed by atoms with E-state index in [9.17, 15) is 4.79 Å². The van der Waals surface area contributed by atoms with E-state index in [1.165, 1.54) is 0 Å². The summed E-state index contributed by atoms with van der Waals surface area (Å²) in [5, 5.41) is 8.44. The molecule has 0 fully saturated rings. The predicted octanol–water partition coefficient (Wildman–Crippen LogP) is 2.90. The summed E-state index contributed by atoms with van der Waals surface area (Å²) in [5.41, 5.74) is 2.56. The fraction of sp³-hybridized carbons (Fsp3) is 0.333. The Labute approximate surface area is 85.2 Å². The number of aryl methyl sites for hydroxylation is 1. The highest BCUT2D eigenvalue weighted by atomic mass is 16.1. The van der Waals surface area contributed by atoms with Gasteiger partial charge in [0.05, 0.1) is 12.5 Å². The molecular formula is C12H15NO. The Morgan fingerprint density at radius 3 is 2.50 bits per heavy atom. The van der Waals surface area contributed by atoms with Crippen molar-refractivity contribution in [3.8, 4) is 6.07 Å². The van der Waals surface area contributed by atoms with Crippen LogP contribution in [0.25, 0.3) is 0 Å². The molecule has 0 N–H and O–H groups in total. The number of hydrogen-bond acceptors (Lipinski definition) is 2. The SMILES string of the molecule is CC.Cc1cc(C=O)cc(CC#N)c1. The number of rotatable bonds is 2. The fourth-order valence-corrected chi connectivity index (χ4v) is 1.16. The highest BCUT2D eigenvalue weighted by Gasteiger charge is 1.96. The van der Waals surface area contributed by atoms with Gasteiger partial charge in [-0.15, -0.1) is 0 Å². The first-order valence-corrected chi connectivity index (χ1v) is 4.69. The molecule has 0 amide bonds. The van der Waals surface area contributed by atoms with Gasteiger partial charge in [0.25, 0.3) is 0 Å². The third-order valence-electron chi connectivity index (χ3n) is 1.58. The lowest BCUT2D eigenvalue weighted by atomic mass is 10.1. The molecular weight excluding hydrogens is 174 g/mol. The molecule has 0 aliphatic rings. The van der Waals surface area contributed by atoms with Gasteiger partial charge in [-0.25, -0.2) is 0 Å². The second-order valence-electron chi connectivity index (χ2n) is 2.70. The summed E-state index contributed by atoms with van der Waals surface area (Å²) in [6, 6.07) is 7.50. The van der Waals surface area contributed by atoms with Crippen LogP contribution >= 0.6 is 0 Å². The highest BCUT2D eigenvalue weighted by Crippen LogP contribution is 2.08. The monoisotopic (exact) mass is 189 g/mol. The van der Waals surface area contributed by atoms with Crippen LogP contribution in [0.3, 0.4) is 0 Å². The number of aldehydes is 1. The summed E-state index contributed by atoms with van der Waals surface area (Å²) in [4.78, 5) is 10.4. The van der Waals surface area contributed by atoms with E-state index in [2.05, 4.69) is 0 Å². The van der Waals surface area contributed by atoms with Crippen LogP contribution < -0.4 is 0 Å². The van der Waals surface area contributed by atoms with Gasteiger partial charge in [0, 0.05) is 5.56 Å². The van der Waals surface area contributed by atoms with Crippen molar-refractivity contribution in [2.24, 2.45) is 0 Å². The Bertz CT molecular complexity index is 337. The minimum Gasteiger partial charge on any atom is -0.298 e. The van der Waals surface area contributed by atoms with Crippen LogP contribution in [0.4, 0.5) is 0 Å². The van der Waals surface area contributed by atoms with Gasteiger partial charge < -0.3 is 0 Å². The molecule has 1 rings (SSSR count). The summed E-state index contributed by atoms with van der Waals surface area (Å²) in [7, 11) is 0.